The van der Waals surface area contributed by atoms with Gasteiger partial charge < -0.3 is 10.1 Å². The summed E-state index contributed by atoms with van der Waals surface area (Å²) in [5.41, 5.74) is 2.47. The van der Waals surface area contributed by atoms with Crippen LogP contribution in [0.1, 0.15) is 30.1 Å². The van der Waals surface area contributed by atoms with Crippen molar-refractivity contribution in [3.8, 4) is 16.9 Å². The molecule has 0 radical (unpaired) electrons. The molecule has 1 saturated carbocycles. The van der Waals surface area contributed by atoms with E-state index in [1.54, 1.807) is 17.8 Å². The minimum Gasteiger partial charge on any atom is -0.449 e. The lowest BCUT2D eigenvalue weighted by Crippen LogP contribution is -2.37. The van der Waals surface area contributed by atoms with Crippen LogP contribution in [0, 0.1) is 0 Å². The van der Waals surface area contributed by atoms with Crippen LogP contribution in [0.2, 0.25) is 0 Å². The number of amides is 1. The van der Waals surface area contributed by atoms with Crippen LogP contribution in [0.4, 0.5) is 0 Å². The van der Waals surface area contributed by atoms with E-state index in [0.717, 1.165) is 24.1 Å². The van der Waals surface area contributed by atoms with Crippen molar-refractivity contribution in [3.05, 3.63) is 72.4 Å². The van der Waals surface area contributed by atoms with Crippen molar-refractivity contribution < 1.29 is 14.3 Å². The second-order valence-electron chi connectivity index (χ2n) is 6.87. The number of ether oxygens (including phenoxy) is 1. The number of benzene rings is 2. The van der Waals surface area contributed by atoms with Crippen LogP contribution in [-0.4, -0.2) is 33.8 Å². The van der Waals surface area contributed by atoms with E-state index in [1.807, 2.05) is 60.7 Å². The Morgan fingerprint density at radius 1 is 1.07 bits per heavy atom. The Kier molecular flexibility index (Phi) is 4.93. The molecule has 1 amide bonds. The van der Waals surface area contributed by atoms with Gasteiger partial charge in [-0.2, -0.15) is 5.10 Å². The van der Waals surface area contributed by atoms with E-state index in [2.05, 4.69) is 10.4 Å². The van der Waals surface area contributed by atoms with Gasteiger partial charge in [-0.05, 0) is 31.9 Å². The number of esters is 1. The molecule has 1 aromatic heterocycles. The first-order chi connectivity index (χ1) is 13.6. The molecule has 6 nitrogen and oxygen atoms in total. The quantitative estimate of drug-likeness (QED) is 0.671. The molecule has 1 fully saturated rings. The predicted octanol–water partition coefficient (Wildman–Crippen LogP) is 3.36. The highest BCUT2D eigenvalue weighted by atomic mass is 16.5. The van der Waals surface area contributed by atoms with Gasteiger partial charge in [-0.25, -0.2) is 9.48 Å². The molecule has 6 heteroatoms. The van der Waals surface area contributed by atoms with E-state index < -0.39 is 12.1 Å². The van der Waals surface area contributed by atoms with Crippen LogP contribution in [-0.2, 0) is 9.53 Å². The Morgan fingerprint density at radius 3 is 2.36 bits per heavy atom. The van der Waals surface area contributed by atoms with E-state index in [-0.39, 0.29) is 11.9 Å². The van der Waals surface area contributed by atoms with Gasteiger partial charge in [-0.1, -0.05) is 48.5 Å². The van der Waals surface area contributed by atoms with Crippen LogP contribution in [0.5, 0.6) is 0 Å². The number of nitrogens with zero attached hydrogens (tertiary/aromatic N) is 2. The molecule has 142 valence electrons. The monoisotopic (exact) mass is 375 g/mol. The van der Waals surface area contributed by atoms with E-state index in [9.17, 15) is 9.59 Å². The number of hydrogen-bond acceptors (Lipinski definition) is 4. The SMILES string of the molecule is CC(OC(=O)c1cn(-c2ccccc2)nc1-c1ccccc1)C(=O)NC1CC1. The number of nitrogens with one attached hydrogen (secondary N) is 1. The molecule has 0 spiro atoms. The van der Waals surface area contributed by atoms with Gasteiger partial charge in [-0.3, -0.25) is 4.79 Å². The summed E-state index contributed by atoms with van der Waals surface area (Å²) in [7, 11) is 0. The summed E-state index contributed by atoms with van der Waals surface area (Å²) in [6.07, 6.45) is 2.74. The summed E-state index contributed by atoms with van der Waals surface area (Å²) >= 11 is 0. The van der Waals surface area contributed by atoms with Gasteiger partial charge in [0, 0.05) is 17.8 Å². The van der Waals surface area contributed by atoms with Gasteiger partial charge >= 0.3 is 5.97 Å². The molecule has 1 aliphatic rings. The largest absolute Gasteiger partial charge is 0.449 e. The van der Waals surface area contributed by atoms with Crippen LogP contribution < -0.4 is 5.32 Å². The van der Waals surface area contributed by atoms with E-state index in [0.29, 0.717) is 11.3 Å². The number of hydrogen-bond donors (Lipinski definition) is 1. The molecule has 1 heterocycles. The lowest BCUT2D eigenvalue weighted by Gasteiger charge is -2.13. The molecule has 1 atom stereocenters. The van der Waals surface area contributed by atoms with Crippen LogP contribution in [0.25, 0.3) is 16.9 Å². The maximum atomic E-state index is 12.8. The van der Waals surface area contributed by atoms with E-state index in [1.165, 1.54) is 0 Å². The van der Waals surface area contributed by atoms with Gasteiger partial charge in [0.1, 0.15) is 11.3 Å². The first-order valence-electron chi connectivity index (χ1n) is 9.33. The fourth-order valence-electron chi connectivity index (χ4n) is 2.87. The van der Waals surface area contributed by atoms with Crippen LogP contribution in [0.15, 0.2) is 66.9 Å². The minimum absolute atomic E-state index is 0.217. The summed E-state index contributed by atoms with van der Waals surface area (Å²) in [5.74, 6) is -0.841. The lowest BCUT2D eigenvalue weighted by atomic mass is 10.1. The molecule has 28 heavy (non-hydrogen) atoms. The fraction of sp³-hybridized carbons (Fsp3) is 0.227. The van der Waals surface area contributed by atoms with Crippen molar-refractivity contribution in [2.45, 2.75) is 31.9 Å². The second kappa shape index (κ2) is 7.68. The molecule has 4 rings (SSSR count). The number of rotatable bonds is 6. The molecular formula is C22H21N3O3. The highest BCUT2D eigenvalue weighted by Gasteiger charge is 2.28. The predicted molar refractivity (Wildman–Crippen MR) is 105 cm³/mol. The first-order valence-corrected chi connectivity index (χ1v) is 9.33. The third-order valence-electron chi connectivity index (χ3n) is 4.58. The van der Waals surface area contributed by atoms with E-state index in [4.69, 9.17) is 4.74 Å². The first kappa shape index (κ1) is 18.0. The summed E-state index contributed by atoms with van der Waals surface area (Å²) < 4.78 is 7.08. The lowest BCUT2D eigenvalue weighted by molar-refractivity contribution is -0.129. The molecule has 2 aromatic carbocycles. The molecule has 3 aromatic rings. The summed E-state index contributed by atoms with van der Waals surface area (Å²) in [6, 6.07) is 19.2. The van der Waals surface area contributed by atoms with Crippen LogP contribution in [0.3, 0.4) is 0 Å². The second-order valence-corrected chi connectivity index (χ2v) is 6.87. The van der Waals surface area contributed by atoms with Crippen molar-refractivity contribution >= 4 is 11.9 Å². The molecule has 0 saturated heterocycles. The Bertz CT molecular complexity index is 979. The van der Waals surface area contributed by atoms with Gasteiger partial charge in [0.25, 0.3) is 5.91 Å². The third kappa shape index (κ3) is 3.96. The average Bonchev–Trinajstić information content (AvgIpc) is 3.42. The number of para-hydroxylation sites is 1. The minimum atomic E-state index is -0.864. The molecule has 1 aliphatic carbocycles. The highest BCUT2D eigenvalue weighted by molar-refractivity contribution is 5.97. The zero-order valence-electron chi connectivity index (χ0n) is 15.5. The standard InChI is InChI=1S/C22H21N3O3/c1-15(21(26)23-17-12-13-17)28-22(27)19-14-25(18-10-6-3-7-11-18)24-20(19)16-8-4-2-5-9-16/h2-11,14-15,17H,12-13H2,1H3,(H,23,26). The molecule has 0 bridgehead atoms. The average molecular weight is 375 g/mol. The molecule has 0 aliphatic heterocycles. The topological polar surface area (TPSA) is 73.2 Å². The van der Waals surface area contributed by atoms with Crippen LogP contribution >= 0.6 is 0 Å². The summed E-state index contributed by atoms with van der Waals surface area (Å²) in [6.45, 7) is 1.58. The zero-order chi connectivity index (χ0) is 19.5. The number of carbonyl (C=O) groups excluding carboxylic acids is 2. The van der Waals surface area contributed by atoms with Gasteiger partial charge in [0.2, 0.25) is 0 Å². The van der Waals surface area contributed by atoms with Crippen molar-refractivity contribution in [3.63, 3.8) is 0 Å². The number of aromatic nitrogens is 2. The maximum absolute atomic E-state index is 12.8. The zero-order valence-corrected chi connectivity index (χ0v) is 15.5. The third-order valence-corrected chi connectivity index (χ3v) is 4.58. The van der Waals surface area contributed by atoms with Crippen molar-refractivity contribution in [2.75, 3.05) is 0 Å². The highest BCUT2D eigenvalue weighted by Crippen LogP contribution is 2.25. The van der Waals surface area contributed by atoms with Crippen molar-refractivity contribution in [2.24, 2.45) is 0 Å². The van der Waals surface area contributed by atoms with Crippen molar-refractivity contribution in [1.82, 2.24) is 15.1 Å². The van der Waals surface area contributed by atoms with Gasteiger partial charge in [0.15, 0.2) is 6.10 Å². The van der Waals surface area contributed by atoms with Gasteiger partial charge in [0.05, 0.1) is 5.69 Å². The molecule has 1 unspecified atom stereocenters. The molecule has 1 N–H and O–H groups in total. The smallest absolute Gasteiger partial charge is 0.342 e. The summed E-state index contributed by atoms with van der Waals surface area (Å²) in [4.78, 5) is 25.0. The molecular weight excluding hydrogens is 354 g/mol. The van der Waals surface area contributed by atoms with Crippen molar-refractivity contribution in [1.29, 1.82) is 0 Å². The Morgan fingerprint density at radius 2 is 1.71 bits per heavy atom. The Labute approximate surface area is 163 Å². The fourth-order valence-corrected chi connectivity index (χ4v) is 2.87. The Balaban J connectivity index is 1.63. The van der Waals surface area contributed by atoms with Gasteiger partial charge in [-0.15, -0.1) is 0 Å². The van der Waals surface area contributed by atoms with E-state index >= 15 is 0 Å². The Hall–Kier alpha value is -3.41. The summed E-state index contributed by atoms with van der Waals surface area (Å²) in [5, 5.41) is 7.45. The maximum Gasteiger partial charge on any atom is 0.342 e. The normalized spacial score (nSPS) is 14.3. The number of carbonyl (C=O) groups is 2.